The summed E-state index contributed by atoms with van der Waals surface area (Å²) in [5, 5.41) is 14.2. The van der Waals surface area contributed by atoms with Crippen molar-refractivity contribution >= 4 is 23.9 Å². The average molecular weight is 483 g/mol. The third kappa shape index (κ3) is 6.81. The fourth-order valence-corrected chi connectivity index (χ4v) is 4.20. The van der Waals surface area contributed by atoms with Crippen molar-refractivity contribution in [2.45, 2.75) is 50.6 Å². The Bertz CT molecular complexity index is 1040. The second kappa shape index (κ2) is 12.0. The van der Waals surface area contributed by atoms with Gasteiger partial charge in [-0.25, -0.2) is 9.59 Å². The van der Waals surface area contributed by atoms with Gasteiger partial charge in [-0.15, -0.1) is 0 Å². The standard InChI is InChI=1S/C26H30N2O7/c1-16(8-7-13-23(29)28-22(25(31)32)14-24(30)34-2)27-26(33)35-15-21-19-11-5-3-9-17(19)18-10-4-6-12-20(18)21/h3-6,9-12,16,21-22H,7-8,13-15H2,1-2H3,(H,27,33)(H,28,29)(H,31,32)/t16?,22-/m0/s1. The number of rotatable bonds is 11. The van der Waals surface area contributed by atoms with E-state index in [9.17, 15) is 19.2 Å². The molecule has 0 saturated heterocycles. The minimum absolute atomic E-state index is 0.0284. The number of ether oxygens (including phenoxy) is 2. The number of carboxylic acids is 1. The Hall–Kier alpha value is -3.88. The Morgan fingerprint density at radius 1 is 0.971 bits per heavy atom. The second-order valence-corrected chi connectivity index (χ2v) is 8.50. The van der Waals surface area contributed by atoms with Gasteiger partial charge in [0.25, 0.3) is 0 Å². The van der Waals surface area contributed by atoms with Crippen molar-refractivity contribution in [2.75, 3.05) is 13.7 Å². The lowest BCUT2D eigenvalue weighted by atomic mass is 9.98. The third-order valence-electron chi connectivity index (χ3n) is 5.98. The van der Waals surface area contributed by atoms with E-state index >= 15 is 0 Å². The van der Waals surface area contributed by atoms with Crippen LogP contribution in [0.1, 0.15) is 49.7 Å². The van der Waals surface area contributed by atoms with Crippen LogP contribution in [-0.2, 0) is 23.9 Å². The summed E-state index contributed by atoms with van der Waals surface area (Å²) in [5.41, 5.74) is 4.57. The van der Waals surface area contributed by atoms with Crippen molar-refractivity contribution in [1.29, 1.82) is 0 Å². The van der Waals surface area contributed by atoms with E-state index in [-0.39, 0.29) is 25.0 Å². The van der Waals surface area contributed by atoms with Crippen LogP contribution in [0.2, 0.25) is 0 Å². The van der Waals surface area contributed by atoms with Crippen molar-refractivity contribution in [3.8, 4) is 11.1 Å². The number of aliphatic carboxylic acids is 1. The van der Waals surface area contributed by atoms with Gasteiger partial charge in [0.1, 0.15) is 12.6 Å². The molecule has 2 atom stereocenters. The fourth-order valence-electron chi connectivity index (χ4n) is 4.20. The van der Waals surface area contributed by atoms with Crippen LogP contribution < -0.4 is 10.6 Å². The number of amides is 2. The summed E-state index contributed by atoms with van der Waals surface area (Å²) in [5.74, 6) is -2.55. The van der Waals surface area contributed by atoms with Gasteiger partial charge in [0.15, 0.2) is 0 Å². The van der Waals surface area contributed by atoms with Gasteiger partial charge in [0, 0.05) is 18.4 Å². The molecule has 0 bridgehead atoms. The molecule has 2 amide bonds. The number of esters is 1. The highest BCUT2D eigenvalue weighted by atomic mass is 16.5. The average Bonchev–Trinajstić information content (AvgIpc) is 3.15. The molecule has 1 aliphatic rings. The predicted molar refractivity (Wildman–Crippen MR) is 128 cm³/mol. The Morgan fingerprint density at radius 3 is 2.14 bits per heavy atom. The van der Waals surface area contributed by atoms with Gasteiger partial charge < -0.3 is 25.2 Å². The highest BCUT2D eigenvalue weighted by Gasteiger charge is 2.29. The number of fused-ring (bicyclic) bond motifs is 3. The van der Waals surface area contributed by atoms with E-state index in [1.54, 1.807) is 6.92 Å². The number of hydrogen-bond donors (Lipinski definition) is 3. The zero-order valence-electron chi connectivity index (χ0n) is 19.8. The minimum Gasteiger partial charge on any atom is -0.480 e. The summed E-state index contributed by atoms with van der Waals surface area (Å²) < 4.78 is 9.97. The summed E-state index contributed by atoms with van der Waals surface area (Å²) in [6.07, 6.45) is -0.0140. The lowest BCUT2D eigenvalue weighted by Crippen LogP contribution is -2.42. The van der Waals surface area contributed by atoms with E-state index in [4.69, 9.17) is 9.84 Å². The summed E-state index contributed by atoms with van der Waals surface area (Å²) in [7, 11) is 1.15. The Labute approximate surface area is 203 Å². The number of carbonyl (C=O) groups is 4. The SMILES string of the molecule is COC(=O)C[C@H](NC(=O)CCCC(C)NC(=O)OCC1c2ccccc2-c2ccccc21)C(=O)O. The van der Waals surface area contributed by atoms with Gasteiger partial charge in [0.2, 0.25) is 5.91 Å². The van der Waals surface area contributed by atoms with E-state index < -0.39 is 36.4 Å². The van der Waals surface area contributed by atoms with Crippen molar-refractivity contribution in [1.82, 2.24) is 10.6 Å². The first-order valence-electron chi connectivity index (χ1n) is 11.5. The normalized spacial score (nSPS) is 13.7. The molecule has 9 nitrogen and oxygen atoms in total. The van der Waals surface area contributed by atoms with Gasteiger partial charge in [-0.1, -0.05) is 48.5 Å². The molecular formula is C26H30N2O7. The van der Waals surface area contributed by atoms with E-state index in [0.29, 0.717) is 12.8 Å². The van der Waals surface area contributed by atoms with Crippen LogP contribution in [0.5, 0.6) is 0 Å². The monoisotopic (exact) mass is 482 g/mol. The highest BCUT2D eigenvalue weighted by molar-refractivity contribution is 5.87. The Kier molecular flexibility index (Phi) is 8.83. The number of benzene rings is 2. The molecule has 0 heterocycles. The number of nitrogens with one attached hydrogen (secondary N) is 2. The van der Waals surface area contributed by atoms with Crippen LogP contribution in [-0.4, -0.2) is 54.8 Å². The highest BCUT2D eigenvalue weighted by Crippen LogP contribution is 2.44. The Morgan fingerprint density at radius 2 is 1.57 bits per heavy atom. The zero-order chi connectivity index (χ0) is 25.4. The fraction of sp³-hybridized carbons (Fsp3) is 0.385. The van der Waals surface area contributed by atoms with E-state index in [1.165, 1.54) is 0 Å². The number of carbonyl (C=O) groups excluding carboxylic acids is 3. The number of methoxy groups -OCH3 is 1. The van der Waals surface area contributed by atoms with Gasteiger partial charge >= 0.3 is 18.0 Å². The zero-order valence-corrected chi connectivity index (χ0v) is 19.8. The molecule has 0 aromatic heterocycles. The topological polar surface area (TPSA) is 131 Å². The van der Waals surface area contributed by atoms with Gasteiger partial charge in [-0.2, -0.15) is 0 Å². The molecule has 1 aliphatic carbocycles. The lowest BCUT2D eigenvalue weighted by Gasteiger charge is -2.17. The molecule has 186 valence electrons. The van der Waals surface area contributed by atoms with Crippen molar-refractivity contribution in [3.05, 3.63) is 59.7 Å². The van der Waals surface area contributed by atoms with Gasteiger partial charge in [-0.3, -0.25) is 9.59 Å². The molecule has 2 aromatic carbocycles. The molecule has 3 rings (SSSR count). The van der Waals surface area contributed by atoms with Gasteiger partial charge in [0.05, 0.1) is 13.5 Å². The maximum Gasteiger partial charge on any atom is 0.407 e. The summed E-state index contributed by atoms with van der Waals surface area (Å²) in [6.45, 7) is 2.02. The van der Waals surface area contributed by atoms with Gasteiger partial charge in [-0.05, 0) is 42.0 Å². The van der Waals surface area contributed by atoms with Crippen molar-refractivity contribution in [2.24, 2.45) is 0 Å². The van der Waals surface area contributed by atoms with Crippen LogP contribution in [0, 0.1) is 0 Å². The number of hydrogen-bond acceptors (Lipinski definition) is 6. The van der Waals surface area contributed by atoms with Crippen LogP contribution >= 0.6 is 0 Å². The second-order valence-electron chi connectivity index (χ2n) is 8.50. The molecule has 0 saturated carbocycles. The van der Waals surface area contributed by atoms with E-state index in [1.807, 2.05) is 24.3 Å². The Balaban J connectivity index is 1.42. The van der Waals surface area contributed by atoms with Crippen LogP contribution in [0.4, 0.5) is 4.79 Å². The molecule has 9 heteroatoms. The maximum atomic E-state index is 12.4. The molecule has 0 radical (unpaired) electrons. The largest absolute Gasteiger partial charge is 0.480 e. The van der Waals surface area contributed by atoms with E-state index in [2.05, 4.69) is 39.6 Å². The van der Waals surface area contributed by atoms with Crippen molar-refractivity contribution in [3.63, 3.8) is 0 Å². The van der Waals surface area contributed by atoms with Crippen molar-refractivity contribution < 1.29 is 33.8 Å². The van der Waals surface area contributed by atoms with Crippen LogP contribution in [0.15, 0.2) is 48.5 Å². The predicted octanol–water partition coefficient (Wildman–Crippen LogP) is 3.22. The summed E-state index contributed by atoms with van der Waals surface area (Å²) in [4.78, 5) is 46.9. The molecule has 35 heavy (non-hydrogen) atoms. The molecule has 1 unspecified atom stereocenters. The molecular weight excluding hydrogens is 452 g/mol. The first-order valence-corrected chi connectivity index (χ1v) is 11.5. The summed E-state index contributed by atoms with van der Waals surface area (Å²) >= 11 is 0. The quantitative estimate of drug-likeness (QED) is 0.419. The van der Waals surface area contributed by atoms with Crippen LogP contribution in [0.25, 0.3) is 11.1 Å². The number of carboxylic acid groups (broad SMARTS) is 1. The first kappa shape index (κ1) is 25.7. The molecule has 0 aliphatic heterocycles. The first-order chi connectivity index (χ1) is 16.8. The molecule has 0 fully saturated rings. The molecule has 0 spiro atoms. The van der Waals surface area contributed by atoms with Crippen LogP contribution in [0.3, 0.4) is 0 Å². The smallest absolute Gasteiger partial charge is 0.407 e. The maximum absolute atomic E-state index is 12.4. The summed E-state index contributed by atoms with van der Waals surface area (Å²) in [6, 6.07) is 14.6. The number of alkyl carbamates (subject to hydrolysis) is 1. The lowest BCUT2D eigenvalue weighted by molar-refractivity contribution is -0.148. The molecule has 2 aromatic rings. The molecule has 3 N–H and O–H groups in total. The minimum atomic E-state index is -1.34. The third-order valence-corrected chi connectivity index (χ3v) is 5.98. The van der Waals surface area contributed by atoms with E-state index in [0.717, 1.165) is 29.4 Å².